The minimum Gasteiger partial charge on any atom is -0.359 e. The number of nitrogens with one attached hydrogen (secondary N) is 2. The third-order valence-corrected chi connectivity index (χ3v) is 3.80. The lowest BCUT2D eigenvalue weighted by Gasteiger charge is -2.09. The molecule has 0 saturated carbocycles. The molecule has 108 valence electrons. The highest BCUT2D eigenvalue weighted by atomic mass is 32.1. The van der Waals surface area contributed by atoms with E-state index in [-0.39, 0.29) is 0 Å². The number of aliphatic imine (C=N–C) groups is 1. The minimum atomic E-state index is 0.589. The highest BCUT2D eigenvalue weighted by Crippen LogP contribution is 2.08. The van der Waals surface area contributed by atoms with Crippen LogP contribution in [0.25, 0.3) is 0 Å². The Hall–Kier alpha value is -1.82. The van der Waals surface area contributed by atoms with Crippen LogP contribution in [-0.2, 0) is 19.4 Å². The van der Waals surface area contributed by atoms with Crippen molar-refractivity contribution < 1.29 is 4.52 Å². The van der Waals surface area contributed by atoms with Gasteiger partial charge in [-0.3, -0.25) is 4.99 Å². The Bertz CT molecular complexity index is 533. The Morgan fingerprint density at radius 2 is 2.35 bits per heavy atom. The second-order valence-electron chi connectivity index (χ2n) is 4.32. The SMILES string of the molecule is CCc1cc(CNC(=NC)NCCc2cccs2)on1. The summed E-state index contributed by atoms with van der Waals surface area (Å²) in [7, 11) is 1.76. The lowest BCUT2D eigenvalue weighted by molar-refractivity contribution is 0.374. The van der Waals surface area contributed by atoms with Crippen LogP contribution < -0.4 is 10.6 Å². The van der Waals surface area contributed by atoms with Crippen molar-refractivity contribution in [2.75, 3.05) is 13.6 Å². The Morgan fingerprint density at radius 3 is 3.00 bits per heavy atom. The standard InChI is InChI=1S/C14H20N4OS/c1-3-11-9-12(19-18-11)10-17-14(15-2)16-7-6-13-5-4-8-20-13/h4-5,8-9H,3,6-7,10H2,1-2H3,(H2,15,16,17). The van der Waals surface area contributed by atoms with E-state index in [0.29, 0.717) is 6.54 Å². The second-order valence-corrected chi connectivity index (χ2v) is 5.35. The number of rotatable bonds is 6. The third-order valence-electron chi connectivity index (χ3n) is 2.87. The van der Waals surface area contributed by atoms with Gasteiger partial charge in [-0.2, -0.15) is 0 Å². The molecule has 0 aromatic carbocycles. The van der Waals surface area contributed by atoms with Crippen molar-refractivity contribution in [3.05, 3.63) is 39.9 Å². The Labute approximate surface area is 123 Å². The van der Waals surface area contributed by atoms with E-state index in [1.807, 2.05) is 6.07 Å². The molecule has 2 aromatic heterocycles. The topological polar surface area (TPSA) is 62.5 Å². The molecule has 0 aliphatic heterocycles. The van der Waals surface area contributed by atoms with Crippen molar-refractivity contribution in [1.29, 1.82) is 0 Å². The summed E-state index contributed by atoms with van der Waals surface area (Å²) in [4.78, 5) is 5.56. The molecule has 20 heavy (non-hydrogen) atoms. The van der Waals surface area contributed by atoms with Crippen LogP contribution in [0.5, 0.6) is 0 Å². The average Bonchev–Trinajstić information content (AvgIpc) is 3.13. The molecular formula is C14H20N4OS. The van der Waals surface area contributed by atoms with Gasteiger partial charge in [0.05, 0.1) is 12.2 Å². The first-order valence-electron chi connectivity index (χ1n) is 6.73. The van der Waals surface area contributed by atoms with Gasteiger partial charge >= 0.3 is 0 Å². The summed E-state index contributed by atoms with van der Waals surface area (Å²) in [6, 6.07) is 6.18. The first kappa shape index (κ1) is 14.6. The number of nitrogens with zero attached hydrogens (tertiary/aromatic N) is 2. The maximum absolute atomic E-state index is 5.22. The highest BCUT2D eigenvalue weighted by Gasteiger charge is 2.04. The molecule has 0 atom stereocenters. The van der Waals surface area contributed by atoms with Gasteiger partial charge in [0.25, 0.3) is 0 Å². The molecule has 0 aliphatic rings. The lowest BCUT2D eigenvalue weighted by Crippen LogP contribution is -2.37. The van der Waals surface area contributed by atoms with E-state index in [2.05, 4.69) is 45.2 Å². The summed E-state index contributed by atoms with van der Waals surface area (Å²) >= 11 is 1.77. The third kappa shape index (κ3) is 4.38. The number of aryl methyl sites for hydroxylation is 1. The van der Waals surface area contributed by atoms with Gasteiger partial charge in [0.1, 0.15) is 0 Å². The van der Waals surface area contributed by atoms with Crippen molar-refractivity contribution >= 4 is 17.3 Å². The van der Waals surface area contributed by atoms with E-state index in [9.17, 15) is 0 Å². The van der Waals surface area contributed by atoms with Crippen LogP contribution in [-0.4, -0.2) is 24.7 Å². The van der Waals surface area contributed by atoms with Gasteiger partial charge in [0, 0.05) is 24.5 Å². The molecule has 6 heteroatoms. The zero-order chi connectivity index (χ0) is 14.2. The molecule has 2 heterocycles. The van der Waals surface area contributed by atoms with Gasteiger partial charge in [-0.15, -0.1) is 11.3 Å². The van der Waals surface area contributed by atoms with Gasteiger partial charge in [-0.05, 0) is 24.3 Å². The summed E-state index contributed by atoms with van der Waals surface area (Å²) in [5.74, 6) is 1.60. The molecule has 0 fully saturated rings. The van der Waals surface area contributed by atoms with E-state index in [1.165, 1.54) is 4.88 Å². The van der Waals surface area contributed by atoms with Gasteiger partial charge < -0.3 is 15.2 Å². The zero-order valence-electron chi connectivity index (χ0n) is 11.8. The van der Waals surface area contributed by atoms with Gasteiger partial charge in [-0.1, -0.05) is 18.1 Å². The van der Waals surface area contributed by atoms with E-state index < -0.39 is 0 Å². The van der Waals surface area contributed by atoms with Gasteiger partial charge in [-0.25, -0.2) is 0 Å². The maximum Gasteiger partial charge on any atom is 0.191 e. The first-order chi connectivity index (χ1) is 9.81. The number of guanidine groups is 1. The molecule has 0 radical (unpaired) electrons. The van der Waals surface area contributed by atoms with Crippen molar-refractivity contribution in [3.63, 3.8) is 0 Å². The molecule has 0 unspecified atom stereocenters. The molecule has 0 spiro atoms. The van der Waals surface area contributed by atoms with E-state index >= 15 is 0 Å². The Balaban J connectivity index is 1.72. The largest absolute Gasteiger partial charge is 0.359 e. The maximum atomic E-state index is 5.22. The molecular weight excluding hydrogens is 272 g/mol. The Morgan fingerprint density at radius 1 is 1.45 bits per heavy atom. The van der Waals surface area contributed by atoms with E-state index in [1.54, 1.807) is 18.4 Å². The fourth-order valence-electron chi connectivity index (χ4n) is 1.76. The monoisotopic (exact) mass is 292 g/mol. The highest BCUT2D eigenvalue weighted by molar-refractivity contribution is 7.09. The number of aromatic nitrogens is 1. The first-order valence-corrected chi connectivity index (χ1v) is 7.61. The quantitative estimate of drug-likeness (QED) is 0.633. The van der Waals surface area contributed by atoms with Crippen LogP contribution in [0.1, 0.15) is 23.3 Å². The molecule has 2 rings (SSSR count). The minimum absolute atomic E-state index is 0.589. The van der Waals surface area contributed by atoms with Gasteiger partial charge in [0.2, 0.25) is 0 Å². The van der Waals surface area contributed by atoms with Crippen molar-refractivity contribution in [1.82, 2.24) is 15.8 Å². The van der Waals surface area contributed by atoms with Crippen LogP contribution in [0.4, 0.5) is 0 Å². The number of thiophene rings is 1. The summed E-state index contributed by atoms with van der Waals surface area (Å²) in [6.45, 7) is 3.50. The van der Waals surface area contributed by atoms with Crippen molar-refractivity contribution in [2.45, 2.75) is 26.3 Å². The predicted molar refractivity (Wildman–Crippen MR) is 82.1 cm³/mol. The predicted octanol–water partition coefficient (Wildman–Crippen LogP) is 2.21. The molecule has 5 nitrogen and oxygen atoms in total. The van der Waals surface area contributed by atoms with Crippen LogP contribution in [0.3, 0.4) is 0 Å². The fourth-order valence-corrected chi connectivity index (χ4v) is 2.47. The van der Waals surface area contributed by atoms with Gasteiger partial charge in [0.15, 0.2) is 11.7 Å². The smallest absolute Gasteiger partial charge is 0.191 e. The summed E-state index contributed by atoms with van der Waals surface area (Å²) < 4.78 is 5.22. The van der Waals surface area contributed by atoms with Crippen molar-refractivity contribution in [3.8, 4) is 0 Å². The summed E-state index contributed by atoms with van der Waals surface area (Å²) in [6.07, 6.45) is 1.89. The normalized spacial score (nSPS) is 11.6. The van der Waals surface area contributed by atoms with Crippen molar-refractivity contribution in [2.24, 2.45) is 4.99 Å². The molecule has 2 N–H and O–H groups in total. The molecule has 0 bridgehead atoms. The van der Waals surface area contributed by atoms with E-state index in [4.69, 9.17) is 4.52 Å². The Kier molecular flexibility index (Phi) is 5.61. The van der Waals surface area contributed by atoms with Crippen LogP contribution in [0, 0.1) is 0 Å². The summed E-state index contributed by atoms with van der Waals surface area (Å²) in [5, 5.41) is 12.5. The fraction of sp³-hybridized carbons (Fsp3) is 0.429. The molecule has 0 amide bonds. The lowest BCUT2D eigenvalue weighted by atomic mass is 10.3. The number of hydrogen-bond acceptors (Lipinski definition) is 4. The average molecular weight is 292 g/mol. The molecule has 0 saturated heterocycles. The second kappa shape index (κ2) is 7.69. The van der Waals surface area contributed by atoms with Crippen LogP contribution in [0.15, 0.2) is 33.1 Å². The molecule has 2 aromatic rings. The summed E-state index contributed by atoms with van der Waals surface area (Å²) in [5.41, 5.74) is 0.974. The molecule has 0 aliphatic carbocycles. The van der Waals surface area contributed by atoms with Crippen LogP contribution >= 0.6 is 11.3 Å². The van der Waals surface area contributed by atoms with E-state index in [0.717, 1.165) is 36.8 Å². The zero-order valence-corrected chi connectivity index (χ0v) is 12.7. The number of hydrogen-bond donors (Lipinski definition) is 2. The van der Waals surface area contributed by atoms with Crippen LogP contribution in [0.2, 0.25) is 0 Å².